The molecule has 3 nitrogen and oxygen atoms in total. The number of allylic oxidation sites excluding steroid dienone is 1. The van der Waals surface area contributed by atoms with Crippen molar-refractivity contribution in [3.05, 3.63) is 29.3 Å². The summed E-state index contributed by atoms with van der Waals surface area (Å²) >= 11 is 0. The quantitative estimate of drug-likeness (QED) is 0.752. The number of benzene rings is 1. The van der Waals surface area contributed by atoms with Gasteiger partial charge in [0, 0.05) is 18.1 Å². The van der Waals surface area contributed by atoms with E-state index in [1.54, 1.807) is 14.2 Å². The average molecular weight is 232 g/mol. The van der Waals surface area contributed by atoms with Crippen molar-refractivity contribution in [1.82, 2.24) is 0 Å². The van der Waals surface area contributed by atoms with E-state index < -0.39 is 0 Å². The van der Waals surface area contributed by atoms with Gasteiger partial charge < -0.3 is 9.47 Å². The largest absolute Gasteiger partial charge is 0.497 e. The predicted octanol–water partition coefficient (Wildman–Crippen LogP) is 2.84. The molecule has 0 unspecified atom stereocenters. The van der Waals surface area contributed by atoms with Gasteiger partial charge in [-0.2, -0.15) is 0 Å². The second-order valence-electron chi connectivity index (χ2n) is 4.05. The summed E-state index contributed by atoms with van der Waals surface area (Å²) in [6, 6.07) is 5.61. The summed E-state index contributed by atoms with van der Waals surface area (Å²) in [5.41, 5.74) is 1.83. The van der Waals surface area contributed by atoms with E-state index in [0.29, 0.717) is 6.42 Å². The van der Waals surface area contributed by atoms with Crippen molar-refractivity contribution in [2.24, 2.45) is 0 Å². The molecule has 1 aliphatic carbocycles. The Hall–Kier alpha value is -1.77. The van der Waals surface area contributed by atoms with Crippen LogP contribution in [0.2, 0.25) is 0 Å². The van der Waals surface area contributed by atoms with Gasteiger partial charge in [-0.15, -0.1) is 0 Å². The number of rotatable bonds is 3. The number of methoxy groups -OCH3 is 2. The van der Waals surface area contributed by atoms with Gasteiger partial charge in [-0.3, -0.25) is 4.79 Å². The summed E-state index contributed by atoms with van der Waals surface area (Å²) in [7, 11) is 3.24. The van der Waals surface area contributed by atoms with Crippen LogP contribution in [0.15, 0.2) is 23.8 Å². The van der Waals surface area contributed by atoms with Gasteiger partial charge in [0.2, 0.25) is 0 Å². The van der Waals surface area contributed by atoms with Crippen LogP contribution in [0, 0.1) is 0 Å². The predicted molar refractivity (Wildman–Crippen MR) is 66.4 cm³/mol. The zero-order valence-corrected chi connectivity index (χ0v) is 10.2. The van der Waals surface area contributed by atoms with E-state index >= 15 is 0 Å². The number of ketones is 1. The summed E-state index contributed by atoms with van der Waals surface area (Å²) < 4.78 is 10.4. The van der Waals surface area contributed by atoms with E-state index in [9.17, 15) is 4.79 Å². The van der Waals surface area contributed by atoms with E-state index in [1.807, 2.05) is 24.3 Å². The third-order valence-corrected chi connectivity index (χ3v) is 2.98. The molecule has 2 rings (SSSR count). The molecule has 3 heteroatoms. The fourth-order valence-corrected chi connectivity index (χ4v) is 2.02. The first-order chi connectivity index (χ1) is 8.24. The first-order valence-corrected chi connectivity index (χ1v) is 5.70. The Labute approximate surface area is 101 Å². The van der Waals surface area contributed by atoms with Crippen molar-refractivity contribution in [3.63, 3.8) is 0 Å². The van der Waals surface area contributed by atoms with Gasteiger partial charge in [0.05, 0.1) is 14.2 Å². The monoisotopic (exact) mass is 232 g/mol. The minimum Gasteiger partial charge on any atom is -0.497 e. The van der Waals surface area contributed by atoms with Gasteiger partial charge in [0.25, 0.3) is 0 Å². The van der Waals surface area contributed by atoms with Crippen molar-refractivity contribution in [3.8, 4) is 11.5 Å². The molecule has 1 aromatic carbocycles. The zero-order valence-electron chi connectivity index (χ0n) is 10.2. The lowest BCUT2D eigenvalue weighted by molar-refractivity contribution is -0.114. The van der Waals surface area contributed by atoms with Crippen molar-refractivity contribution in [1.29, 1.82) is 0 Å². The topological polar surface area (TPSA) is 35.5 Å². The van der Waals surface area contributed by atoms with Crippen molar-refractivity contribution >= 4 is 11.9 Å². The Bertz CT molecular complexity index is 461. The molecule has 17 heavy (non-hydrogen) atoms. The molecular weight excluding hydrogens is 216 g/mol. The summed E-state index contributed by atoms with van der Waals surface area (Å²) in [5.74, 6) is 1.74. The van der Waals surface area contributed by atoms with E-state index in [4.69, 9.17) is 9.47 Å². The highest BCUT2D eigenvalue weighted by atomic mass is 16.5. The second-order valence-corrected chi connectivity index (χ2v) is 4.05. The number of hydrogen-bond donors (Lipinski definition) is 0. The normalized spacial score (nSPS) is 17.5. The fourth-order valence-electron chi connectivity index (χ4n) is 2.02. The van der Waals surface area contributed by atoms with E-state index in [0.717, 1.165) is 35.5 Å². The first-order valence-electron chi connectivity index (χ1n) is 5.70. The van der Waals surface area contributed by atoms with Gasteiger partial charge in [-0.25, -0.2) is 0 Å². The molecular formula is C14H16O3. The number of carbonyl (C=O) groups excluding carboxylic acids is 1. The Morgan fingerprint density at radius 1 is 1.18 bits per heavy atom. The molecule has 90 valence electrons. The van der Waals surface area contributed by atoms with Gasteiger partial charge in [0.1, 0.15) is 11.5 Å². The molecule has 0 aliphatic heterocycles. The average Bonchev–Trinajstić information content (AvgIpc) is 2.75. The van der Waals surface area contributed by atoms with Gasteiger partial charge in [0.15, 0.2) is 5.78 Å². The number of hydrogen-bond acceptors (Lipinski definition) is 3. The molecule has 1 fully saturated rings. The fraction of sp³-hybridized carbons (Fsp3) is 0.357. The molecule has 1 aliphatic rings. The number of ether oxygens (including phenoxy) is 2. The molecule has 0 aromatic heterocycles. The lowest BCUT2D eigenvalue weighted by Crippen LogP contribution is -1.93. The van der Waals surface area contributed by atoms with Crippen LogP contribution in [-0.2, 0) is 4.79 Å². The minimum atomic E-state index is 0.253. The van der Waals surface area contributed by atoms with E-state index in [2.05, 4.69) is 0 Å². The van der Waals surface area contributed by atoms with Crippen LogP contribution in [0.25, 0.3) is 6.08 Å². The van der Waals surface area contributed by atoms with Gasteiger partial charge in [-0.1, -0.05) is 0 Å². The summed E-state index contributed by atoms with van der Waals surface area (Å²) in [5, 5.41) is 0. The van der Waals surface area contributed by atoms with Gasteiger partial charge in [-0.05, 0) is 36.6 Å². The SMILES string of the molecule is COc1ccc(/C=C2/CCCC2=O)c(OC)c1. The lowest BCUT2D eigenvalue weighted by atomic mass is 10.1. The number of carbonyl (C=O) groups is 1. The first kappa shape index (κ1) is 11.7. The summed E-state index contributed by atoms with van der Waals surface area (Å²) in [6.07, 6.45) is 4.43. The van der Waals surface area contributed by atoms with Crippen LogP contribution in [0.1, 0.15) is 24.8 Å². The van der Waals surface area contributed by atoms with Crippen molar-refractivity contribution in [2.45, 2.75) is 19.3 Å². The van der Waals surface area contributed by atoms with Crippen molar-refractivity contribution < 1.29 is 14.3 Å². The highest BCUT2D eigenvalue weighted by Crippen LogP contribution is 2.29. The molecule has 0 saturated heterocycles. The number of Topliss-reactive ketones (excluding diaryl/α,β-unsaturated/α-hetero) is 1. The highest BCUT2D eigenvalue weighted by molar-refractivity contribution is 6.01. The highest BCUT2D eigenvalue weighted by Gasteiger charge is 2.17. The maximum Gasteiger partial charge on any atom is 0.158 e. The maximum atomic E-state index is 11.6. The summed E-state index contributed by atoms with van der Waals surface area (Å²) in [6.45, 7) is 0. The molecule has 1 aromatic rings. The molecule has 0 spiro atoms. The Kier molecular flexibility index (Phi) is 3.47. The minimum absolute atomic E-state index is 0.253. The summed E-state index contributed by atoms with van der Waals surface area (Å²) in [4.78, 5) is 11.6. The standard InChI is InChI=1S/C14H16O3/c1-16-12-7-6-11(14(9-12)17-2)8-10-4-3-5-13(10)15/h6-9H,3-5H2,1-2H3/b10-8-. The van der Waals surface area contributed by atoms with Crippen LogP contribution in [0.3, 0.4) is 0 Å². The van der Waals surface area contributed by atoms with Crippen LogP contribution in [0.5, 0.6) is 11.5 Å². The molecule has 0 amide bonds. The van der Waals surface area contributed by atoms with Crippen LogP contribution in [0.4, 0.5) is 0 Å². The zero-order chi connectivity index (χ0) is 12.3. The van der Waals surface area contributed by atoms with Crippen LogP contribution < -0.4 is 9.47 Å². The maximum absolute atomic E-state index is 11.6. The molecule has 0 radical (unpaired) electrons. The molecule has 0 atom stereocenters. The molecule has 1 saturated carbocycles. The Morgan fingerprint density at radius 3 is 2.59 bits per heavy atom. The smallest absolute Gasteiger partial charge is 0.158 e. The third kappa shape index (κ3) is 2.49. The third-order valence-electron chi connectivity index (χ3n) is 2.98. The molecule has 0 N–H and O–H groups in total. The second kappa shape index (κ2) is 5.04. The van der Waals surface area contributed by atoms with Gasteiger partial charge >= 0.3 is 0 Å². The Balaban J connectivity index is 2.35. The lowest BCUT2D eigenvalue weighted by Gasteiger charge is -2.08. The van der Waals surface area contributed by atoms with Crippen LogP contribution >= 0.6 is 0 Å². The molecule has 0 heterocycles. The van der Waals surface area contributed by atoms with E-state index in [1.165, 1.54) is 0 Å². The van der Waals surface area contributed by atoms with Crippen LogP contribution in [-0.4, -0.2) is 20.0 Å². The molecule has 0 bridgehead atoms. The van der Waals surface area contributed by atoms with E-state index in [-0.39, 0.29) is 5.78 Å². The Morgan fingerprint density at radius 2 is 2.00 bits per heavy atom. The van der Waals surface area contributed by atoms with Crippen molar-refractivity contribution in [2.75, 3.05) is 14.2 Å².